The van der Waals surface area contributed by atoms with Gasteiger partial charge in [0.25, 0.3) is 0 Å². The van der Waals surface area contributed by atoms with Crippen LogP contribution in [0.1, 0.15) is 48.8 Å². The SMILES string of the molecule is Cc1c(C(=O)OCc2ccccc2)c(C(=O)OCc2ccccc2)n(C(=O)OCc2ccccc2)c1C. The Bertz CT molecular complexity index is 1300. The fourth-order valence-electron chi connectivity index (χ4n) is 3.85. The lowest BCUT2D eigenvalue weighted by Gasteiger charge is -2.12. The summed E-state index contributed by atoms with van der Waals surface area (Å²) in [6.45, 7) is 3.29. The molecule has 0 fully saturated rings. The average Bonchev–Trinajstić information content (AvgIpc) is 3.21. The molecule has 4 aromatic rings. The number of carbonyl (C=O) groups is 3. The smallest absolute Gasteiger partial charge is 0.419 e. The fourth-order valence-corrected chi connectivity index (χ4v) is 3.85. The van der Waals surface area contributed by atoms with Gasteiger partial charge < -0.3 is 14.2 Å². The van der Waals surface area contributed by atoms with Gasteiger partial charge in [0.15, 0.2) is 5.69 Å². The number of ether oxygens (including phenoxy) is 3. The topological polar surface area (TPSA) is 83.8 Å². The molecule has 0 bridgehead atoms. The van der Waals surface area contributed by atoms with Crippen LogP contribution in [-0.4, -0.2) is 22.6 Å². The lowest BCUT2D eigenvalue weighted by molar-refractivity contribution is 0.0415. The van der Waals surface area contributed by atoms with Crippen LogP contribution in [-0.2, 0) is 34.0 Å². The zero-order chi connectivity index (χ0) is 26.2. The largest absolute Gasteiger partial charge is 0.457 e. The summed E-state index contributed by atoms with van der Waals surface area (Å²) in [5, 5.41) is 0. The molecular weight excluding hydrogens is 470 g/mol. The molecule has 37 heavy (non-hydrogen) atoms. The van der Waals surface area contributed by atoms with E-state index in [0.29, 0.717) is 11.3 Å². The van der Waals surface area contributed by atoms with Gasteiger partial charge in [-0.1, -0.05) is 91.0 Å². The molecular formula is C30H27NO6. The van der Waals surface area contributed by atoms with E-state index < -0.39 is 18.0 Å². The van der Waals surface area contributed by atoms with Crippen molar-refractivity contribution in [2.24, 2.45) is 0 Å². The van der Waals surface area contributed by atoms with E-state index in [1.807, 2.05) is 91.0 Å². The van der Waals surface area contributed by atoms with E-state index in [0.717, 1.165) is 21.3 Å². The molecule has 0 N–H and O–H groups in total. The van der Waals surface area contributed by atoms with Crippen molar-refractivity contribution in [1.29, 1.82) is 0 Å². The maximum absolute atomic E-state index is 13.3. The van der Waals surface area contributed by atoms with Crippen molar-refractivity contribution in [1.82, 2.24) is 4.57 Å². The van der Waals surface area contributed by atoms with Gasteiger partial charge in [0.1, 0.15) is 19.8 Å². The fraction of sp³-hybridized carbons (Fsp3) is 0.167. The number of hydrogen-bond donors (Lipinski definition) is 0. The predicted molar refractivity (Wildman–Crippen MR) is 137 cm³/mol. The molecule has 3 aromatic carbocycles. The molecule has 0 aliphatic carbocycles. The first kappa shape index (κ1) is 25.4. The normalized spacial score (nSPS) is 10.5. The third-order valence-corrected chi connectivity index (χ3v) is 5.92. The maximum atomic E-state index is 13.3. The second kappa shape index (κ2) is 11.9. The van der Waals surface area contributed by atoms with Crippen LogP contribution in [0.15, 0.2) is 91.0 Å². The zero-order valence-corrected chi connectivity index (χ0v) is 20.7. The van der Waals surface area contributed by atoms with Crippen LogP contribution in [0, 0.1) is 13.8 Å². The number of aromatic nitrogens is 1. The monoisotopic (exact) mass is 497 g/mol. The molecule has 0 radical (unpaired) electrons. The van der Waals surface area contributed by atoms with Gasteiger partial charge in [-0.05, 0) is 36.1 Å². The van der Waals surface area contributed by atoms with E-state index in [9.17, 15) is 14.4 Å². The summed E-state index contributed by atoms with van der Waals surface area (Å²) in [5.41, 5.74) is 2.92. The number of rotatable bonds is 8. The molecule has 0 amide bonds. The van der Waals surface area contributed by atoms with Crippen LogP contribution < -0.4 is 0 Å². The summed E-state index contributed by atoms with van der Waals surface area (Å²) >= 11 is 0. The number of hydrogen-bond acceptors (Lipinski definition) is 6. The minimum Gasteiger partial charge on any atom is -0.457 e. The standard InChI is InChI=1S/C30H27NO6/c1-21-22(2)31(30(34)37-20-25-16-10-5-11-17-25)27(29(33)36-19-24-14-8-4-9-15-24)26(21)28(32)35-18-23-12-6-3-7-13-23/h3-17H,18-20H2,1-2H3. The molecule has 0 saturated carbocycles. The molecule has 0 unspecified atom stereocenters. The Morgan fingerprint density at radius 1 is 0.595 bits per heavy atom. The van der Waals surface area contributed by atoms with Crippen molar-refractivity contribution in [2.75, 3.05) is 0 Å². The van der Waals surface area contributed by atoms with Gasteiger partial charge in [0.2, 0.25) is 0 Å². The highest BCUT2D eigenvalue weighted by molar-refractivity contribution is 6.06. The highest BCUT2D eigenvalue weighted by atomic mass is 16.6. The molecule has 0 aliphatic rings. The third kappa shape index (κ3) is 6.13. The van der Waals surface area contributed by atoms with E-state index in [4.69, 9.17) is 14.2 Å². The van der Waals surface area contributed by atoms with E-state index >= 15 is 0 Å². The summed E-state index contributed by atoms with van der Waals surface area (Å²) in [4.78, 5) is 39.7. The Balaban J connectivity index is 1.64. The van der Waals surface area contributed by atoms with Crippen LogP contribution in [0.4, 0.5) is 4.79 Å². The van der Waals surface area contributed by atoms with E-state index in [1.54, 1.807) is 13.8 Å². The van der Waals surface area contributed by atoms with Crippen molar-refractivity contribution < 1.29 is 28.6 Å². The summed E-state index contributed by atoms with van der Waals surface area (Å²) in [7, 11) is 0. The predicted octanol–water partition coefficient (Wildman–Crippen LogP) is 6.00. The van der Waals surface area contributed by atoms with Crippen molar-refractivity contribution in [3.05, 3.63) is 130 Å². The molecule has 0 spiro atoms. The summed E-state index contributed by atoms with van der Waals surface area (Å²) in [6, 6.07) is 27.5. The van der Waals surface area contributed by atoms with Gasteiger partial charge in [0, 0.05) is 5.69 Å². The third-order valence-electron chi connectivity index (χ3n) is 5.92. The van der Waals surface area contributed by atoms with Crippen molar-refractivity contribution >= 4 is 18.0 Å². The van der Waals surface area contributed by atoms with Crippen LogP contribution >= 0.6 is 0 Å². The number of benzene rings is 3. The van der Waals surface area contributed by atoms with Gasteiger partial charge in [-0.25, -0.2) is 19.0 Å². The molecule has 0 atom stereocenters. The Morgan fingerprint density at radius 3 is 1.46 bits per heavy atom. The number of carbonyl (C=O) groups excluding carboxylic acids is 3. The van der Waals surface area contributed by atoms with Crippen LogP contribution in [0.5, 0.6) is 0 Å². The van der Waals surface area contributed by atoms with Gasteiger partial charge in [-0.2, -0.15) is 0 Å². The van der Waals surface area contributed by atoms with Gasteiger partial charge in [0.05, 0.1) is 5.56 Å². The molecule has 0 saturated heterocycles. The highest BCUT2D eigenvalue weighted by Crippen LogP contribution is 2.26. The van der Waals surface area contributed by atoms with Crippen LogP contribution in [0.3, 0.4) is 0 Å². The molecule has 7 heteroatoms. The lowest BCUT2D eigenvalue weighted by Crippen LogP contribution is -2.23. The second-order valence-electron chi connectivity index (χ2n) is 8.43. The minimum absolute atomic E-state index is 0.00261. The summed E-state index contributed by atoms with van der Waals surface area (Å²) < 4.78 is 17.6. The Kier molecular flexibility index (Phi) is 8.15. The van der Waals surface area contributed by atoms with E-state index in [1.165, 1.54) is 0 Å². The number of nitrogens with zero attached hydrogens (tertiary/aromatic N) is 1. The van der Waals surface area contributed by atoms with Gasteiger partial charge in [-0.3, -0.25) is 0 Å². The lowest BCUT2D eigenvalue weighted by atomic mass is 10.1. The van der Waals surface area contributed by atoms with Crippen molar-refractivity contribution in [3.8, 4) is 0 Å². The Labute approximate surface area is 215 Å². The molecule has 7 nitrogen and oxygen atoms in total. The molecule has 4 rings (SSSR count). The van der Waals surface area contributed by atoms with Crippen LogP contribution in [0.2, 0.25) is 0 Å². The second-order valence-corrected chi connectivity index (χ2v) is 8.43. The molecule has 0 aliphatic heterocycles. The highest BCUT2D eigenvalue weighted by Gasteiger charge is 2.33. The molecule has 1 heterocycles. The average molecular weight is 498 g/mol. The van der Waals surface area contributed by atoms with E-state index in [-0.39, 0.29) is 31.1 Å². The van der Waals surface area contributed by atoms with E-state index in [2.05, 4.69) is 0 Å². The first-order chi connectivity index (χ1) is 18.0. The van der Waals surface area contributed by atoms with Gasteiger partial charge in [-0.15, -0.1) is 0 Å². The zero-order valence-electron chi connectivity index (χ0n) is 20.7. The molecule has 1 aromatic heterocycles. The maximum Gasteiger partial charge on any atom is 0.419 e. The quantitative estimate of drug-likeness (QED) is 0.219. The Morgan fingerprint density at radius 2 is 1.00 bits per heavy atom. The first-order valence-electron chi connectivity index (χ1n) is 11.8. The number of esters is 2. The summed E-state index contributed by atoms with van der Waals surface area (Å²) in [5.74, 6) is -1.56. The Hall–Kier alpha value is -4.65. The summed E-state index contributed by atoms with van der Waals surface area (Å²) in [6.07, 6.45) is -0.793. The first-order valence-corrected chi connectivity index (χ1v) is 11.8. The van der Waals surface area contributed by atoms with Gasteiger partial charge >= 0.3 is 18.0 Å². The van der Waals surface area contributed by atoms with Crippen molar-refractivity contribution in [3.63, 3.8) is 0 Å². The minimum atomic E-state index is -0.830. The van der Waals surface area contributed by atoms with Crippen molar-refractivity contribution in [2.45, 2.75) is 33.7 Å². The molecule has 188 valence electrons. The van der Waals surface area contributed by atoms with Crippen LogP contribution in [0.25, 0.3) is 0 Å².